The first-order valence-corrected chi connectivity index (χ1v) is 9.51. The Morgan fingerprint density at radius 3 is 2.59 bits per heavy atom. The minimum absolute atomic E-state index is 0.0171. The number of phenolic OH excluding ortho intramolecular Hbond substituents is 1. The van der Waals surface area contributed by atoms with Crippen molar-refractivity contribution in [3.8, 4) is 17.2 Å². The number of phenols is 1. The number of aliphatic carboxylic acids is 1. The first-order valence-electron chi connectivity index (χ1n) is 7.36. The second-order valence-electron chi connectivity index (χ2n) is 5.08. The second-order valence-corrected chi connectivity index (χ2v) is 7.41. The maximum Gasteiger partial charge on any atom is 0.341 e. The molecule has 0 aliphatic carbocycles. The molecule has 2 aromatic rings. The van der Waals surface area contributed by atoms with Gasteiger partial charge >= 0.3 is 5.97 Å². The van der Waals surface area contributed by atoms with Gasteiger partial charge in [0.25, 0.3) is 5.91 Å². The molecule has 10 heteroatoms. The van der Waals surface area contributed by atoms with Crippen molar-refractivity contribution < 1.29 is 29.3 Å². The van der Waals surface area contributed by atoms with Crippen molar-refractivity contribution in [2.45, 2.75) is 0 Å². The molecule has 0 fully saturated rings. The fourth-order valence-electron chi connectivity index (χ4n) is 1.97. The standard InChI is InChI=1S/C17H14I2N2O6/c1-26-14-5-9(4-12(19)16(14)27-8-15(23)24)7-20-21-17(25)10-2-3-11(18)13(22)6-10/h2-7,22H,8H2,1H3,(H,21,25)(H,23,24)/b20-7-. The number of ether oxygens (including phenoxy) is 2. The lowest BCUT2D eigenvalue weighted by atomic mass is 10.2. The van der Waals surface area contributed by atoms with Gasteiger partial charge in [0.1, 0.15) is 5.75 Å². The highest BCUT2D eigenvalue weighted by molar-refractivity contribution is 14.1. The van der Waals surface area contributed by atoms with Crippen molar-refractivity contribution in [1.29, 1.82) is 0 Å². The third-order valence-electron chi connectivity index (χ3n) is 3.18. The number of hydrazone groups is 1. The van der Waals surface area contributed by atoms with Crippen molar-refractivity contribution >= 4 is 63.3 Å². The van der Waals surface area contributed by atoms with E-state index in [1.54, 1.807) is 24.3 Å². The van der Waals surface area contributed by atoms with Crippen LogP contribution in [0.4, 0.5) is 0 Å². The Kier molecular flexibility index (Phi) is 7.65. The highest BCUT2D eigenvalue weighted by Gasteiger charge is 2.13. The van der Waals surface area contributed by atoms with Crippen molar-refractivity contribution in [1.82, 2.24) is 5.43 Å². The number of nitrogens with one attached hydrogen (secondary N) is 1. The van der Waals surface area contributed by atoms with E-state index in [2.05, 4.69) is 10.5 Å². The van der Waals surface area contributed by atoms with Crippen molar-refractivity contribution in [2.24, 2.45) is 5.10 Å². The van der Waals surface area contributed by atoms with Crippen LogP contribution in [0.2, 0.25) is 0 Å². The molecule has 1 amide bonds. The molecule has 0 bridgehead atoms. The highest BCUT2D eigenvalue weighted by atomic mass is 127. The third kappa shape index (κ3) is 5.95. The van der Waals surface area contributed by atoms with Gasteiger partial charge in [-0.05, 0) is 81.1 Å². The van der Waals surface area contributed by atoms with Crippen LogP contribution in [0.15, 0.2) is 35.4 Å². The zero-order valence-corrected chi connectivity index (χ0v) is 18.2. The molecule has 0 aliphatic heterocycles. The Balaban J connectivity index is 2.11. The fourth-order valence-corrected chi connectivity index (χ4v) is 3.09. The van der Waals surface area contributed by atoms with Gasteiger partial charge in [0, 0.05) is 5.56 Å². The molecule has 0 unspecified atom stereocenters. The van der Waals surface area contributed by atoms with Gasteiger partial charge in [0.2, 0.25) is 0 Å². The van der Waals surface area contributed by atoms with E-state index in [4.69, 9.17) is 14.6 Å². The van der Waals surface area contributed by atoms with E-state index in [1.165, 1.54) is 19.4 Å². The number of hydrogen-bond donors (Lipinski definition) is 3. The molecule has 0 aliphatic rings. The number of hydrogen-bond acceptors (Lipinski definition) is 6. The molecule has 142 valence electrons. The van der Waals surface area contributed by atoms with Crippen LogP contribution in [0.25, 0.3) is 0 Å². The summed E-state index contributed by atoms with van der Waals surface area (Å²) in [5, 5.41) is 22.3. The van der Waals surface area contributed by atoms with E-state index in [-0.39, 0.29) is 11.3 Å². The number of halogens is 2. The van der Waals surface area contributed by atoms with Gasteiger partial charge in [-0.2, -0.15) is 5.10 Å². The van der Waals surface area contributed by atoms with Crippen LogP contribution in [0.3, 0.4) is 0 Å². The Morgan fingerprint density at radius 2 is 1.96 bits per heavy atom. The smallest absolute Gasteiger partial charge is 0.341 e. The number of amides is 1. The van der Waals surface area contributed by atoms with Crippen LogP contribution in [-0.2, 0) is 4.79 Å². The molecule has 0 aromatic heterocycles. The fraction of sp³-hybridized carbons (Fsp3) is 0.118. The van der Waals surface area contributed by atoms with Crippen LogP contribution >= 0.6 is 45.2 Å². The van der Waals surface area contributed by atoms with Crippen LogP contribution in [0, 0.1) is 7.14 Å². The average molecular weight is 596 g/mol. The molecule has 3 N–H and O–H groups in total. The minimum Gasteiger partial charge on any atom is -0.507 e. The number of carboxylic acid groups (broad SMARTS) is 1. The van der Waals surface area contributed by atoms with E-state index < -0.39 is 18.5 Å². The third-order valence-corrected chi connectivity index (χ3v) is 4.89. The van der Waals surface area contributed by atoms with Crippen molar-refractivity contribution in [3.05, 3.63) is 48.6 Å². The number of benzene rings is 2. The summed E-state index contributed by atoms with van der Waals surface area (Å²) in [5.74, 6) is -0.887. The molecule has 0 radical (unpaired) electrons. The summed E-state index contributed by atoms with van der Waals surface area (Å²) in [4.78, 5) is 22.7. The quantitative estimate of drug-likeness (QED) is 0.257. The summed E-state index contributed by atoms with van der Waals surface area (Å²) in [6.45, 7) is -0.487. The van der Waals surface area contributed by atoms with Gasteiger partial charge in [-0.25, -0.2) is 10.2 Å². The molecule has 0 saturated carbocycles. The second kappa shape index (κ2) is 9.73. The first kappa shape index (κ1) is 21.2. The monoisotopic (exact) mass is 596 g/mol. The molecule has 27 heavy (non-hydrogen) atoms. The maximum absolute atomic E-state index is 12.1. The number of carbonyl (C=O) groups is 2. The molecule has 0 heterocycles. The van der Waals surface area contributed by atoms with Crippen molar-refractivity contribution in [2.75, 3.05) is 13.7 Å². The first-order chi connectivity index (χ1) is 12.8. The molecular formula is C17H14I2N2O6. The number of carbonyl (C=O) groups excluding carboxylic acids is 1. The highest BCUT2D eigenvalue weighted by Crippen LogP contribution is 2.33. The average Bonchev–Trinajstić information content (AvgIpc) is 2.62. The van der Waals surface area contributed by atoms with Crippen LogP contribution < -0.4 is 14.9 Å². The predicted octanol–water partition coefficient (Wildman–Crippen LogP) is 2.84. The van der Waals surface area contributed by atoms with Gasteiger partial charge < -0.3 is 19.7 Å². The zero-order valence-electron chi connectivity index (χ0n) is 13.9. The van der Waals surface area contributed by atoms with Gasteiger partial charge in [-0.3, -0.25) is 4.79 Å². The summed E-state index contributed by atoms with van der Waals surface area (Å²) < 4.78 is 11.7. The SMILES string of the molecule is COc1cc(/C=N\NC(=O)c2ccc(I)c(O)c2)cc(I)c1OCC(=O)O. The molecule has 2 aromatic carbocycles. The molecule has 8 nitrogen and oxygen atoms in total. The summed E-state index contributed by atoms with van der Waals surface area (Å²) in [6.07, 6.45) is 1.41. The molecular weight excluding hydrogens is 582 g/mol. The van der Waals surface area contributed by atoms with E-state index >= 15 is 0 Å². The summed E-state index contributed by atoms with van der Waals surface area (Å²) in [6, 6.07) is 7.86. The number of nitrogens with zero attached hydrogens (tertiary/aromatic N) is 1. The van der Waals surface area contributed by atoms with Gasteiger partial charge in [-0.1, -0.05) is 0 Å². The number of aromatic hydroxyl groups is 1. The normalized spacial score (nSPS) is 10.6. The molecule has 0 spiro atoms. The molecule has 0 atom stereocenters. The van der Waals surface area contributed by atoms with E-state index in [0.29, 0.717) is 24.2 Å². The lowest BCUT2D eigenvalue weighted by Crippen LogP contribution is -2.17. The number of carboxylic acids is 1. The largest absolute Gasteiger partial charge is 0.507 e. The summed E-state index contributed by atoms with van der Waals surface area (Å²) in [5.41, 5.74) is 3.26. The topological polar surface area (TPSA) is 117 Å². The Bertz CT molecular complexity index is 901. The Morgan fingerprint density at radius 1 is 1.22 bits per heavy atom. The maximum atomic E-state index is 12.1. The number of methoxy groups -OCH3 is 1. The lowest BCUT2D eigenvalue weighted by Gasteiger charge is -2.12. The number of rotatable bonds is 7. The van der Waals surface area contributed by atoms with E-state index in [9.17, 15) is 14.7 Å². The molecule has 0 saturated heterocycles. The molecule has 2 rings (SSSR count). The van der Waals surface area contributed by atoms with Crippen LogP contribution in [0.5, 0.6) is 17.2 Å². The Hall–Kier alpha value is -2.09. The summed E-state index contributed by atoms with van der Waals surface area (Å²) >= 11 is 3.94. The van der Waals surface area contributed by atoms with Crippen LogP contribution in [-0.4, -0.2) is 42.0 Å². The minimum atomic E-state index is -1.09. The Labute approximate surface area is 181 Å². The summed E-state index contributed by atoms with van der Waals surface area (Å²) in [7, 11) is 1.44. The lowest BCUT2D eigenvalue weighted by molar-refractivity contribution is -0.139. The zero-order chi connectivity index (χ0) is 20.0. The van der Waals surface area contributed by atoms with Crippen LogP contribution in [0.1, 0.15) is 15.9 Å². The van der Waals surface area contributed by atoms with Gasteiger partial charge in [0.05, 0.1) is 20.5 Å². The van der Waals surface area contributed by atoms with Crippen molar-refractivity contribution in [3.63, 3.8) is 0 Å². The van der Waals surface area contributed by atoms with E-state index in [1.807, 2.05) is 45.2 Å². The van der Waals surface area contributed by atoms with Gasteiger partial charge in [-0.15, -0.1) is 0 Å². The van der Waals surface area contributed by atoms with Gasteiger partial charge in [0.15, 0.2) is 18.1 Å². The predicted molar refractivity (Wildman–Crippen MR) is 115 cm³/mol. The van der Waals surface area contributed by atoms with E-state index in [0.717, 1.165) is 0 Å².